The van der Waals surface area contributed by atoms with E-state index in [1.165, 1.54) is 12.1 Å². The fraction of sp³-hybridized carbons (Fsp3) is 0.467. The normalized spacial score (nSPS) is 11.6. The lowest BCUT2D eigenvalue weighted by atomic mass is 10.1. The molecule has 0 radical (unpaired) electrons. The van der Waals surface area contributed by atoms with E-state index in [1.54, 1.807) is 6.07 Å². The lowest BCUT2D eigenvalue weighted by Gasteiger charge is -2.05. The molecular formula is C15H21ClFN. The second kappa shape index (κ2) is 8.28. The highest BCUT2D eigenvalue weighted by Gasteiger charge is 1.99. The van der Waals surface area contributed by atoms with Crippen molar-refractivity contribution >= 4 is 11.6 Å². The molecule has 0 aliphatic heterocycles. The zero-order chi connectivity index (χ0) is 13.4. The fourth-order valence-corrected chi connectivity index (χ4v) is 1.80. The topological polar surface area (TPSA) is 12.0 Å². The first-order chi connectivity index (χ1) is 8.59. The van der Waals surface area contributed by atoms with Crippen LogP contribution in [0.15, 0.2) is 30.4 Å². The minimum absolute atomic E-state index is 0.235. The summed E-state index contributed by atoms with van der Waals surface area (Å²) in [5.74, 6) is 0.446. The SMILES string of the molecule is CC(C)CNCC/C=C/Cc1cc(F)ccc1Cl. The minimum Gasteiger partial charge on any atom is -0.316 e. The molecule has 0 saturated heterocycles. The molecule has 18 heavy (non-hydrogen) atoms. The predicted molar refractivity (Wildman–Crippen MR) is 76.6 cm³/mol. The van der Waals surface area contributed by atoms with Gasteiger partial charge in [0.2, 0.25) is 0 Å². The molecule has 1 nitrogen and oxygen atoms in total. The van der Waals surface area contributed by atoms with Crippen molar-refractivity contribution in [1.82, 2.24) is 5.32 Å². The van der Waals surface area contributed by atoms with Crippen LogP contribution in [0.1, 0.15) is 25.8 Å². The summed E-state index contributed by atoms with van der Waals surface area (Å²) in [6.07, 6.45) is 5.81. The smallest absolute Gasteiger partial charge is 0.123 e. The summed E-state index contributed by atoms with van der Waals surface area (Å²) in [5.41, 5.74) is 0.836. The molecular weight excluding hydrogens is 249 g/mol. The largest absolute Gasteiger partial charge is 0.316 e. The molecule has 0 amide bonds. The maximum Gasteiger partial charge on any atom is 0.123 e. The summed E-state index contributed by atoms with van der Waals surface area (Å²) >= 11 is 5.98. The second-order valence-corrected chi connectivity index (χ2v) is 5.21. The Morgan fingerprint density at radius 2 is 2.11 bits per heavy atom. The quantitative estimate of drug-likeness (QED) is 0.577. The minimum atomic E-state index is -0.235. The van der Waals surface area contributed by atoms with Gasteiger partial charge in [-0.3, -0.25) is 0 Å². The molecule has 0 unspecified atom stereocenters. The van der Waals surface area contributed by atoms with Gasteiger partial charge in [-0.1, -0.05) is 37.6 Å². The van der Waals surface area contributed by atoms with E-state index < -0.39 is 0 Å². The van der Waals surface area contributed by atoms with E-state index in [-0.39, 0.29) is 5.82 Å². The lowest BCUT2D eigenvalue weighted by molar-refractivity contribution is 0.556. The number of allylic oxidation sites excluding steroid dienone is 1. The van der Waals surface area contributed by atoms with Gasteiger partial charge in [0.1, 0.15) is 5.82 Å². The zero-order valence-electron chi connectivity index (χ0n) is 11.0. The summed E-state index contributed by atoms with van der Waals surface area (Å²) in [7, 11) is 0. The van der Waals surface area contributed by atoms with Gasteiger partial charge in [0.15, 0.2) is 0 Å². The molecule has 0 atom stereocenters. The Bertz CT molecular complexity index is 388. The average Bonchev–Trinajstić information content (AvgIpc) is 2.32. The van der Waals surface area contributed by atoms with Crippen LogP contribution in [-0.4, -0.2) is 13.1 Å². The second-order valence-electron chi connectivity index (χ2n) is 4.80. The third-order valence-corrected chi connectivity index (χ3v) is 2.92. The molecule has 0 fully saturated rings. The first-order valence-electron chi connectivity index (χ1n) is 6.39. The molecule has 0 saturated carbocycles. The molecule has 0 spiro atoms. The third kappa shape index (κ3) is 6.18. The van der Waals surface area contributed by atoms with Gasteiger partial charge in [0, 0.05) is 5.02 Å². The molecule has 1 aromatic rings. The Hall–Kier alpha value is -0.860. The lowest BCUT2D eigenvalue weighted by Crippen LogP contribution is -2.20. The van der Waals surface area contributed by atoms with Crippen molar-refractivity contribution in [3.63, 3.8) is 0 Å². The highest BCUT2D eigenvalue weighted by atomic mass is 35.5. The van der Waals surface area contributed by atoms with Crippen molar-refractivity contribution in [2.75, 3.05) is 13.1 Å². The van der Waals surface area contributed by atoms with Gasteiger partial charge in [0.05, 0.1) is 0 Å². The van der Waals surface area contributed by atoms with Crippen LogP contribution in [0, 0.1) is 11.7 Å². The highest BCUT2D eigenvalue weighted by molar-refractivity contribution is 6.31. The first kappa shape index (κ1) is 15.2. The van der Waals surface area contributed by atoms with Crippen LogP contribution < -0.4 is 5.32 Å². The van der Waals surface area contributed by atoms with Crippen LogP contribution in [0.3, 0.4) is 0 Å². The van der Waals surface area contributed by atoms with Crippen molar-refractivity contribution < 1.29 is 4.39 Å². The Morgan fingerprint density at radius 1 is 1.33 bits per heavy atom. The maximum absolute atomic E-state index is 13.0. The van der Waals surface area contributed by atoms with Gasteiger partial charge in [-0.15, -0.1) is 0 Å². The number of halogens is 2. The number of hydrogen-bond acceptors (Lipinski definition) is 1. The van der Waals surface area contributed by atoms with Gasteiger partial charge in [-0.05, 0) is 55.6 Å². The Balaban J connectivity index is 2.25. The van der Waals surface area contributed by atoms with Crippen LogP contribution >= 0.6 is 11.6 Å². The Labute approximate surface area is 114 Å². The summed E-state index contributed by atoms with van der Waals surface area (Å²) < 4.78 is 13.0. The summed E-state index contributed by atoms with van der Waals surface area (Å²) in [6.45, 7) is 6.40. The van der Waals surface area contributed by atoms with Crippen molar-refractivity contribution in [1.29, 1.82) is 0 Å². The van der Waals surface area contributed by atoms with Gasteiger partial charge in [-0.25, -0.2) is 4.39 Å². The third-order valence-electron chi connectivity index (χ3n) is 2.55. The number of benzene rings is 1. The molecule has 100 valence electrons. The van der Waals surface area contributed by atoms with Crippen molar-refractivity contribution in [2.24, 2.45) is 5.92 Å². The van der Waals surface area contributed by atoms with E-state index in [4.69, 9.17) is 11.6 Å². The van der Waals surface area contributed by atoms with Crippen molar-refractivity contribution in [3.8, 4) is 0 Å². The van der Waals surface area contributed by atoms with E-state index in [1.807, 2.05) is 6.08 Å². The van der Waals surface area contributed by atoms with Gasteiger partial charge >= 0.3 is 0 Å². The Kier molecular flexibility index (Phi) is 6.99. The van der Waals surface area contributed by atoms with E-state index in [0.29, 0.717) is 17.4 Å². The molecule has 1 rings (SSSR count). The number of rotatable bonds is 7. The summed E-state index contributed by atoms with van der Waals surface area (Å²) in [4.78, 5) is 0. The molecule has 3 heteroatoms. The van der Waals surface area contributed by atoms with Crippen LogP contribution in [0.5, 0.6) is 0 Å². The molecule has 0 aromatic heterocycles. The highest BCUT2D eigenvalue weighted by Crippen LogP contribution is 2.17. The van der Waals surface area contributed by atoms with E-state index >= 15 is 0 Å². The van der Waals surface area contributed by atoms with Gasteiger partial charge in [0.25, 0.3) is 0 Å². The zero-order valence-corrected chi connectivity index (χ0v) is 11.8. The van der Waals surface area contributed by atoms with Gasteiger partial charge < -0.3 is 5.32 Å². The van der Waals surface area contributed by atoms with Crippen LogP contribution in [0.25, 0.3) is 0 Å². The summed E-state index contributed by atoms with van der Waals surface area (Å²) in [5, 5.41) is 3.99. The monoisotopic (exact) mass is 269 g/mol. The molecule has 0 aliphatic carbocycles. The van der Waals surface area contributed by atoms with Crippen LogP contribution in [0.2, 0.25) is 5.02 Å². The number of nitrogens with one attached hydrogen (secondary N) is 1. The van der Waals surface area contributed by atoms with Gasteiger partial charge in [-0.2, -0.15) is 0 Å². The fourth-order valence-electron chi connectivity index (χ4n) is 1.60. The molecule has 0 bridgehead atoms. The summed E-state index contributed by atoms with van der Waals surface area (Å²) in [6, 6.07) is 4.47. The molecule has 1 N–H and O–H groups in total. The first-order valence-corrected chi connectivity index (χ1v) is 6.77. The number of hydrogen-bond donors (Lipinski definition) is 1. The Morgan fingerprint density at radius 3 is 2.83 bits per heavy atom. The maximum atomic E-state index is 13.0. The molecule has 0 aliphatic rings. The van der Waals surface area contributed by atoms with Crippen LogP contribution in [-0.2, 0) is 6.42 Å². The molecule has 1 aromatic carbocycles. The van der Waals surface area contributed by atoms with E-state index in [0.717, 1.165) is 25.1 Å². The average molecular weight is 270 g/mol. The standard InChI is InChI=1S/C15H21ClFN/c1-12(2)11-18-9-5-3-4-6-13-10-14(17)7-8-15(13)16/h3-4,7-8,10,12,18H,5-6,9,11H2,1-2H3/b4-3+. The molecule has 0 heterocycles. The van der Waals surface area contributed by atoms with E-state index in [2.05, 4.69) is 25.2 Å². The van der Waals surface area contributed by atoms with E-state index in [9.17, 15) is 4.39 Å². The van der Waals surface area contributed by atoms with Crippen molar-refractivity contribution in [2.45, 2.75) is 26.7 Å². The van der Waals surface area contributed by atoms with Crippen LogP contribution in [0.4, 0.5) is 4.39 Å². The van der Waals surface area contributed by atoms with Crippen molar-refractivity contribution in [3.05, 3.63) is 46.8 Å². The predicted octanol–water partition coefficient (Wildman–Crippen LogP) is 4.21.